The molecular weight excluding hydrogens is 415 g/mol. The molecule has 0 atom stereocenters. The monoisotopic (exact) mass is 444 g/mol. The van der Waals surface area contributed by atoms with Crippen LogP contribution in [0.1, 0.15) is 63.9 Å². The van der Waals surface area contributed by atoms with E-state index in [0.717, 1.165) is 24.8 Å². The first-order valence-electron chi connectivity index (χ1n) is 9.95. The van der Waals surface area contributed by atoms with Crippen LogP contribution in [-0.4, -0.2) is 13.0 Å². The van der Waals surface area contributed by atoms with Crippen molar-refractivity contribution in [1.82, 2.24) is 0 Å². The van der Waals surface area contributed by atoms with Gasteiger partial charge < -0.3 is 9.84 Å². The summed E-state index contributed by atoms with van der Waals surface area (Å²) in [5.41, 5.74) is 0.848. The Kier molecular flexibility index (Phi) is 12.7. The number of aryl methyl sites for hydroxylation is 1. The van der Waals surface area contributed by atoms with Crippen LogP contribution in [0, 0.1) is 0 Å². The van der Waals surface area contributed by atoms with Crippen LogP contribution in [0.3, 0.4) is 0 Å². The van der Waals surface area contributed by atoms with E-state index in [1.807, 2.05) is 6.07 Å². The second kappa shape index (κ2) is 13.8. The maximum atomic E-state index is 11.8. The summed E-state index contributed by atoms with van der Waals surface area (Å²) in [6, 6.07) is 10.4. The Morgan fingerprint density at radius 2 is 1.48 bits per heavy atom. The third-order valence-electron chi connectivity index (χ3n) is 4.66. The van der Waals surface area contributed by atoms with Crippen molar-refractivity contribution in [1.29, 1.82) is 0 Å². The standard InChI is InChI=1S/C22H30O5S.K/c1-2-3-4-5-6-7-8-9-10-18-11-16-21(22(17-18)28(24,25)26)27-20-14-12-19(23)13-15-20;/h11-17,23H,2-10H2,1H3,(H,24,25,26);/q;+1/p-1. The topological polar surface area (TPSA) is 86.7 Å². The van der Waals surface area contributed by atoms with Crippen LogP contribution >= 0.6 is 0 Å². The van der Waals surface area contributed by atoms with Gasteiger partial charge in [0.25, 0.3) is 10.1 Å². The molecule has 0 aliphatic carbocycles. The molecule has 2 aromatic rings. The fourth-order valence-electron chi connectivity index (χ4n) is 3.09. The SMILES string of the molecule is CCCCCCCCCCc1ccc(Oc2ccc([O-])cc2)c(S(=O)(=O)O)c1.[K+]. The van der Waals surface area contributed by atoms with E-state index in [1.165, 1.54) is 68.9 Å². The van der Waals surface area contributed by atoms with E-state index in [2.05, 4.69) is 6.92 Å². The largest absolute Gasteiger partial charge is 1.00 e. The van der Waals surface area contributed by atoms with Crippen LogP contribution in [0.5, 0.6) is 17.2 Å². The van der Waals surface area contributed by atoms with Crippen LogP contribution in [0.15, 0.2) is 47.4 Å². The summed E-state index contributed by atoms with van der Waals surface area (Å²) in [6.07, 6.45) is 10.4. The van der Waals surface area contributed by atoms with Crippen LogP contribution in [0.4, 0.5) is 0 Å². The van der Waals surface area contributed by atoms with Crippen molar-refractivity contribution in [2.24, 2.45) is 0 Å². The van der Waals surface area contributed by atoms with Gasteiger partial charge in [-0.25, -0.2) is 0 Å². The third-order valence-corrected chi connectivity index (χ3v) is 5.53. The van der Waals surface area contributed by atoms with Crippen molar-refractivity contribution < 1.29 is 74.2 Å². The molecule has 0 saturated heterocycles. The van der Waals surface area contributed by atoms with Crippen molar-refractivity contribution in [3.8, 4) is 17.2 Å². The summed E-state index contributed by atoms with van der Waals surface area (Å²) in [5, 5.41) is 11.2. The fraction of sp³-hybridized carbons (Fsp3) is 0.455. The smallest absolute Gasteiger partial charge is 0.872 e. The van der Waals surface area contributed by atoms with Crippen molar-refractivity contribution >= 4 is 10.1 Å². The van der Waals surface area contributed by atoms with Gasteiger partial charge in [-0.15, -0.1) is 5.75 Å². The molecule has 0 radical (unpaired) electrons. The Morgan fingerprint density at radius 1 is 0.897 bits per heavy atom. The minimum atomic E-state index is -4.42. The summed E-state index contributed by atoms with van der Waals surface area (Å²) in [4.78, 5) is -0.254. The van der Waals surface area contributed by atoms with Gasteiger partial charge in [-0.1, -0.05) is 70.1 Å². The summed E-state index contributed by atoms with van der Waals surface area (Å²) in [6.45, 7) is 2.21. The van der Waals surface area contributed by atoms with Gasteiger partial charge >= 0.3 is 51.4 Å². The van der Waals surface area contributed by atoms with E-state index < -0.39 is 10.1 Å². The van der Waals surface area contributed by atoms with Crippen LogP contribution in [0.25, 0.3) is 0 Å². The van der Waals surface area contributed by atoms with Gasteiger partial charge in [0.05, 0.1) is 0 Å². The molecule has 0 aliphatic heterocycles. The predicted molar refractivity (Wildman–Crippen MR) is 109 cm³/mol. The number of unbranched alkanes of at least 4 members (excludes halogenated alkanes) is 7. The van der Waals surface area contributed by atoms with Crippen LogP contribution in [0.2, 0.25) is 0 Å². The molecule has 0 aromatic heterocycles. The van der Waals surface area contributed by atoms with E-state index in [4.69, 9.17) is 4.74 Å². The molecule has 5 nitrogen and oxygen atoms in total. The molecule has 2 rings (SSSR count). The summed E-state index contributed by atoms with van der Waals surface area (Å²) in [5.74, 6) is 0.212. The Hall–Kier alpha value is -0.414. The zero-order valence-electron chi connectivity index (χ0n) is 17.4. The summed E-state index contributed by atoms with van der Waals surface area (Å²) in [7, 11) is -4.42. The Morgan fingerprint density at radius 3 is 2.07 bits per heavy atom. The van der Waals surface area contributed by atoms with E-state index in [0.29, 0.717) is 5.75 Å². The molecule has 0 unspecified atom stereocenters. The van der Waals surface area contributed by atoms with Crippen molar-refractivity contribution in [2.75, 3.05) is 0 Å². The van der Waals surface area contributed by atoms with Gasteiger partial charge in [0.2, 0.25) is 0 Å². The quantitative estimate of drug-likeness (QED) is 0.309. The molecule has 0 aliphatic rings. The van der Waals surface area contributed by atoms with Gasteiger partial charge in [-0.3, -0.25) is 4.55 Å². The zero-order chi connectivity index (χ0) is 20.4. The maximum Gasteiger partial charge on any atom is 1.00 e. The molecule has 0 fully saturated rings. The third kappa shape index (κ3) is 9.96. The van der Waals surface area contributed by atoms with Gasteiger partial charge in [0.15, 0.2) is 0 Å². The van der Waals surface area contributed by atoms with Gasteiger partial charge in [-0.2, -0.15) is 8.42 Å². The number of hydrogen-bond acceptors (Lipinski definition) is 4. The first-order valence-corrected chi connectivity index (χ1v) is 11.4. The van der Waals surface area contributed by atoms with Gasteiger partial charge in [0, 0.05) is 0 Å². The molecule has 0 saturated carbocycles. The van der Waals surface area contributed by atoms with E-state index in [-0.39, 0.29) is 67.8 Å². The number of benzene rings is 2. The van der Waals surface area contributed by atoms with E-state index in [1.54, 1.807) is 6.07 Å². The number of ether oxygens (including phenoxy) is 1. The molecule has 2 aromatic carbocycles. The van der Waals surface area contributed by atoms with Crippen molar-refractivity contribution in [2.45, 2.75) is 69.6 Å². The second-order valence-corrected chi connectivity index (χ2v) is 8.44. The summed E-state index contributed by atoms with van der Waals surface area (Å²) < 4.78 is 38.7. The first kappa shape index (κ1) is 26.6. The zero-order valence-corrected chi connectivity index (χ0v) is 21.3. The molecular formula is C22H29KO5S. The molecule has 0 spiro atoms. The minimum absolute atomic E-state index is 0. The average Bonchev–Trinajstić information content (AvgIpc) is 2.66. The molecule has 0 bridgehead atoms. The second-order valence-electron chi connectivity index (χ2n) is 7.05. The Balaban J connectivity index is 0.00000420. The maximum absolute atomic E-state index is 11.8. The first-order chi connectivity index (χ1) is 13.4. The Labute approximate surface area is 217 Å². The molecule has 1 N–H and O–H groups in total. The van der Waals surface area contributed by atoms with Crippen LogP contribution < -0.4 is 61.2 Å². The van der Waals surface area contributed by atoms with Gasteiger partial charge in [-0.05, 0) is 42.7 Å². The van der Waals surface area contributed by atoms with E-state index >= 15 is 0 Å². The molecule has 29 heavy (non-hydrogen) atoms. The van der Waals surface area contributed by atoms with Gasteiger partial charge in [0.1, 0.15) is 16.4 Å². The minimum Gasteiger partial charge on any atom is -0.872 e. The average molecular weight is 445 g/mol. The predicted octanol–water partition coefficient (Wildman–Crippen LogP) is 2.49. The van der Waals surface area contributed by atoms with Crippen molar-refractivity contribution in [3.63, 3.8) is 0 Å². The Bertz CT molecular complexity index is 835. The molecule has 154 valence electrons. The van der Waals surface area contributed by atoms with Crippen LogP contribution in [-0.2, 0) is 16.5 Å². The molecule has 7 heteroatoms. The van der Waals surface area contributed by atoms with Crippen molar-refractivity contribution in [3.05, 3.63) is 48.0 Å². The molecule has 0 amide bonds. The normalized spacial score (nSPS) is 11.1. The number of hydrogen-bond donors (Lipinski definition) is 1. The molecule has 0 heterocycles. The number of rotatable bonds is 12. The fourth-order valence-corrected chi connectivity index (χ4v) is 3.76. The summed E-state index contributed by atoms with van der Waals surface area (Å²) >= 11 is 0. The van der Waals surface area contributed by atoms with E-state index in [9.17, 15) is 18.1 Å².